The Morgan fingerprint density at radius 2 is 1.79 bits per heavy atom. The number of hydrogen-bond acceptors (Lipinski definition) is 3. The summed E-state index contributed by atoms with van der Waals surface area (Å²) in [6.45, 7) is 4.19. The lowest BCUT2D eigenvalue weighted by Crippen LogP contribution is -2.24. The molecule has 6 heteroatoms. The van der Waals surface area contributed by atoms with E-state index in [2.05, 4.69) is 10.0 Å². The third kappa shape index (κ3) is 4.66. The first-order valence-electron chi connectivity index (χ1n) is 7.91. The molecule has 0 aliphatic carbocycles. The van der Waals surface area contributed by atoms with Crippen LogP contribution >= 0.6 is 0 Å². The fourth-order valence-electron chi connectivity index (χ4n) is 2.19. The van der Waals surface area contributed by atoms with Crippen LogP contribution in [0.25, 0.3) is 0 Å². The second kappa shape index (κ2) is 8.08. The van der Waals surface area contributed by atoms with E-state index in [0.29, 0.717) is 23.4 Å². The molecule has 2 rings (SSSR count). The van der Waals surface area contributed by atoms with E-state index in [1.807, 2.05) is 13.0 Å². The van der Waals surface area contributed by atoms with Gasteiger partial charge in [0.1, 0.15) is 0 Å². The van der Waals surface area contributed by atoms with Crippen molar-refractivity contribution in [1.82, 2.24) is 4.72 Å². The van der Waals surface area contributed by atoms with Crippen molar-refractivity contribution in [1.29, 1.82) is 0 Å². The number of sulfonamides is 1. The molecular weight excluding hydrogens is 324 g/mol. The normalized spacial score (nSPS) is 11.2. The second-order valence-electron chi connectivity index (χ2n) is 5.55. The Morgan fingerprint density at radius 1 is 1.08 bits per heavy atom. The highest BCUT2D eigenvalue weighted by Gasteiger charge is 2.15. The number of carbonyl (C=O) groups excluding carboxylic acids is 1. The van der Waals surface area contributed by atoms with Gasteiger partial charge in [-0.25, -0.2) is 13.1 Å². The molecule has 0 bridgehead atoms. The van der Waals surface area contributed by atoms with Gasteiger partial charge in [-0.2, -0.15) is 0 Å². The zero-order valence-corrected chi connectivity index (χ0v) is 14.7. The van der Waals surface area contributed by atoms with E-state index in [0.717, 1.165) is 12.8 Å². The zero-order chi connectivity index (χ0) is 17.6. The lowest BCUT2D eigenvalue weighted by molar-refractivity contribution is 0.102. The summed E-state index contributed by atoms with van der Waals surface area (Å²) in [5, 5.41) is 2.80. The zero-order valence-electron chi connectivity index (χ0n) is 13.9. The molecule has 0 unspecified atom stereocenters. The summed E-state index contributed by atoms with van der Waals surface area (Å²) in [7, 11) is -3.52. The van der Waals surface area contributed by atoms with Gasteiger partial charge in [0.05, 0.1) is 4.90 Å². The number of rotatable bonds is 7. The van der Waals surface area contributed by atoms with Crippen molar-refractivity contribution in [3.8, 4) is 0 Å². The van der Waals surface area contributed by atoms with Crippen LogP contribution in [0.3, 0.4) is 0 Å². The molecule has 24 heavy (non-hydrogen) atoms. The lowest BCUT2D eigenvalue weighted by Gasteiger charge is -2.11. The van der Waals surface area contributed by atoms with Crippen molar-refractivity contribution in [2.45, 2.75) is 31.6 Å². The quantitative estimate of drug-likeness (QED) is 0.755. The van der Waals surface area contributed by atoms with E-state index < -0.39 is 10.0 Å². The Morgan fingerprint density at radius 3 is 2.42 bits per heavy atom. The van der Waals surface area contributed by atoms with Gasteiger partial charge in [-0.1, -0.05) is 31.5 Å². The summed E-state index contributed by atoms with van der Waals surface area (Å²) in [6.07, 6.45) is 1.72. The molecule has 128 valence electrons. The number of anilines is 1. The largest absolute Gasteiger partial charge is 0.322 e. The maximum absolute atomic E-state index is 12.2. The number of amides is 1. The molecule has 2 N–H and O–H groups in total. The summed E-state index contributed by atoms with van der Waals surface area (Å²) in [6, 6.07) is 13.6. The summed E-state index contributed by atoms with van der Waals surface area (Å²) in [5.74, 6) is -0.227. The molecule has 0 atom stereocenters. The van der Waals surface area contributed by atoms with Gasteiger partial charge in [0, 0.05) is 17.8 Å². The van der Waals surface area contributed by atoms with Gasteiger partial charge in [0.2, 0.25) is 10.0 Å². The van der Waals surface area contributed by atoms with E-state index in [-0.39, 0.29) is 10.8 Å². The number of aryl methyl sites for hydroxylation is 1. The standard InChI is InChI=1S/C18H22N2O3S/c1-3-4-12-19-24(22,23)16-10-11-17(14(2)13-16)20-18(21)15-8-6-5-7-9-15/h5-11,13,19H,3-4,12H2,1-2H3,(H,20,21). The molecule has 0 heterocycles. The van der Waals surface area contributed by atoms with Gasteiger partial charge in [0.25, 0.3) is 5.91 Å². The van der Waals surface area contributed by atoms with E-state index in [1.165, 1.54) is 6.07 Å². The average molecular weight is 346 g/mol. The van der Waals surface area contributed by atoms with E-state index in [1.54, 1.807) is 43.3 Å². The molecule has 0 aliphatic heterocycles. The van der Waals surface area contributed by atoms with Crippen LogP contribution in [0.2, 0.25) is 0 Å². The SMILES string of the molecule is CCCCNS(=O)(=O)c1ccc(NC(=O)c2ccccc2)c(C)c1. The Balaban J connectivity index is 2.14. The van der Waals surface area contributed by atoms with Crippen molar-refractivity contribution >= 4 is 21.6 Å². The van der Waals surface area contributed by atoms with Gasteiger partial charge in [-0.05, 0) is 49.2 Å². The van der Waals surface area contributed by atoms with Crippen LogP contribution in [0.5, 0.6) is 0 Å². The molecule has 0 radical (unpaired) electrons. The molecule has 0 aliphatic rings. The maximum Gasteiger partial charge on any atom is 0.255 e. The highest BCUT2D eigenvalue weighted by Crippen LogP contribution is 2.20. The lowest BCUT2D eigenvalue weighted by atomic mass is 10.1. The fraction of sp³-hybridized carbons (Fsp3) is 0.278. The van der Waals surface area contributed by atoms with E-state index in [9.17, 15) is 13.2 Å². The molecule has 0 spiro atoms. The van der Waals surface area contributed by atoms with Crippen LogP contribution in [0.1, 0.15) is 35.7 Å². The van der Waals surface area contributed by atoms with Crippen LogP contribution in [0.4, 0.5) is 5.69 Å². The third-order valence-electron chi connectivity index (χ3n) is 3.61. The van der Waals surface area contributed by atoms with Crippen molar-refractivity contribution in [3.05, 3.63) is 59.7 Å². The fourth-order valence-corrected chi connectivity index (χ4v) is 3.35. The molecule has 0 saturated heterocycles. The van der Waals surface area contributed by atoms with E-state index >= 15 is 0 Å². The van der Waals surface area contributed by atoms with Crippen LogP contribution in [-0.2, 0) is 10.0 Å². The van der Waals surface area contributed by atoms with Crippen LogP contribution in [0.15, 0.2) is 53.4 Å². The minimum Gasteiger partial charge on any atom is -0.322 e. The van der Waals surface area contributed by atoms with Crippen molar-refractivity contribution in [2.75, 3.05) is 11.9 Å². The summed E-state index contributed by atoms with van der Waals surface area (Å²) >= 11 is 0. The molecule has 0 aromatic heterocycles. The van der Waals surface area contributed by atoms with Crippen molar-refractivity contribution < 1.29 is 13.2 Å². The molecule has 2 aromatic carbocycles. The van der Waals surface area contributed by atoms with Crippen molar-refractivity contribution in [3.63, 3.8) is 0 Å². The Kier molecular flexibility index (Phi) is 6.11. The van der Waals surface area contributed by atoms with Crippen LogP contribution in [-0.4, -0.2) is 20.9 Å². The van der Waals surface area contributed by atoms with Gasteiger partial charge in [-0.15, -0.1) is 0 Å². The molecular formula is C18H22N2O3S. The summed E-state index contributed by atoms with van der Waals surface area (Å²) in [5.41, 5.74) is 1.84. The number of carbonyl (C=O) groups is 1. The second-order valence-corrected chi connectivity index (χ2v) is 7.32. The minimum atomic E-state index is -3.52. The predicted octanol–water partition coefficient (Wildman–Crippen LogP) is 3.33. The van der Waals surface area contributed by atoms with Crippen LogP contribution in [0, 0.1) is 6.92 Å². The van der Waals surface area contributed by atoms with Gasteiger partial charge < -0.3 is 5.32 Å². The average Bonchev–Trinajstić information content (AvgIpc) is 2.57. The first-order valence-corrected chi connectivity index (χ1v) is 9.39. The van der Waals surface area contributed by atoms with Gasteiger partial charge in [0.15, 0.2) is 0 Å². The molecule has 5 nitrogen and oxygen atoms in total. The minimum absolute atomic E-state index is 0.203. The Labute approximate surface area is 143 Å². The monoisotopic (exact) mass is 346 g/mol. The number of benzene rings is 2. The first-order chi connectivity index (χ1) is 11.4. The highest BCUT2D eigenvalue weighted by molar-refractivity contribution is 7.89. The molecule has 1 amide bonds. The van der Waals surface area contributed by atoms with Crippen LogP contribution < -0.4 is 10.0 Å². The number of nitrogens with one attached hydrogen (secondary N) is 2. The maximum atomic E-state index is 12.2. The van der Waals surface area contributed by atoms with E-state index in [4.69, 9.17) is 0 Å². The molecule has 2 aromatic rings. The van der Waals surface area contributed by atoms with Gasteiger partial charge >= 0.3 is 0 Å². The molecule has 0 saturated carbocycles. The summed E-state index contributed by atoms with van der Waals surface area (Å²) < 4.78 is 27.0. The topological polar surface area (TPSA) is 75.3 Å². The first kappa shape index (κ1) is 18.2. The van der Waals surface area contributed by atoms with Gasteiger partial charge in [-0.3, -0.25) is 4.79 Å². The Hall–Kier alpha value is -2.18. The third-order valence-corrected chi connectivity index (χ3v) is 5.07. The Bertz CT molecular complexity index is 802. The van der Waals surface area contributed by atoms with Crippen molar-refractivity contribution in [2.24, 2.45) is 0 Å². The number of unbranched alkanes of at least 4 members (excludes halogenated alkanes) is 1. The number of hydrogen-bond donors (Lipinski definition) is 2. The summed E-state index contributed by atoms with van der Waals surface area (Å²) in [4.78, 5) is 12.4. The molecule has 0 fully saturated rings. The predicted molar refractivity (Wildman–Crippen MR) is 95.7 cm³/mol. The highest BCUT2D eigenvalue weighted by atomic mass is 32.2. The smallest absolute Gasteiger partial charge is 0.255 e.